The molecule has 0 heterocycles. The van der Waals surface area contributed by atoms with Crippen LogP contribution in [0, 0.1) is 0 Å². The third-order valence-corrected chi connectivity index (χ3v) is 4.43. The van der Waals surface area contributed by atoms with Crippen LogP contribution in [0.25, 0.3) is 0 Å². The third kappa shape index (κ3) is 9.61. The maximum Gasteiger partial charge on any atom is 0.573 e. The summed E-state index contributed by atoms with van der Waals surface area (Å²) in [5.41, 5.74) is 7.17. The molecule has 0 aliphatic heterocycles. The summed E-state index contributed by atoms with van der Waals surface area (Å²) in [5, 5.41) is 2.75. The fourth-order valence-electron chi connectivity index (χ4n) is 2.03. The lowest BCUT2D eigenvalue weighted by Gasteiger charge is -2.10. The van der Waals surface area contributed by atoms with Crippen LogP contribution in [0.15, 0.2) is 59.6 Å². The summed E-state index contributed by atoms with van der Waals surface area (Å²) in [7, 11) is -1.06. The molecule has 2 aromatic rings. The quantitative estimate of drug-likeness (QED) is 0.335. The summed E-state index contributed by atoms with van der Waals surface area (Å²) in [5.74, 6) is 0.570. The molecule has 0 fully saturated rings. The van der Waals surface area contributed by atoms with E-state index in [1.54, 1.807) is 0 Å². The molecule has 3 N–H and O–H groups in total. The van der Waals surface area contributed by atoms with Gasteiger partial charge in [0.15, 0.2) is 5.96 Å². The summed E-state index contributed by atoms with van der Waals surface area (Å²) in [6.07, 6.45) is -4.73. The number of nitrogens with zero attached hydrogens (tertiary/aromatic N) is 1. The number of anilines is 1. The fraction of sp³-hybridized carbons (Fsp3) is 0.235. The lowest BCUT2D eigenvalue weighted by Crippen LogP contribution is -2.23. The van der Waals surface area contributed by atoms with E-state index in [0.717, 1.165) is 17.7 Å². The zero-order valence-corrected chi connectivity index (χ0v) is 17.3. The van der Waals surface area contributed by atoms with E-state index < -0.39 is 17.2 Å². The van der Waals surface area contributed by atoms with Gasteiger partial charge in [0.05, 0.1) is 6.54 Å². The number of nitrogens with one attached hydrogen (secondary N) is 1. The molecule has 0 saturated heterocycles. The van der Waals surface area contributed by atoms with Gasteiger partial charge in [-0.1, -0.05) is 30.3 Å². The van der Waals surface area contributed by atoms with Gasteiger partial charge in [-0.3, -0.25) is 9.20 Å². The standard InChI is InChI=1S/C17H18F3N3O2S.HI/c18-17(19,20)25-15-8-6-14(7-9-15)23-16(21)22-10-11-26(24)12-13-4-2-1-3-5-13;/h1-9H,10-12H2,(H3,21,22,23);1H. The van der Waals surface area contributed by atoms with Crippen LogP contribution < -0.4 is 15.8 Å². The van der Waals surface area contributed by atoms with Crippen molar-refractivity contribution in [2.75, 3.05) is 17.6 Å². The highest BCUT2D eigenvalue weighted by molar-refractivity contribution is 14.0. The molecule has 10 heteroatoms. The van der Waals surface area contributed by atoms with Gasteiger partial charge in [0.25, 0.3) is 0 Å². The van der Waals surface area contributed by atoms with E-state index >= 15 is 0 Å². The Balaban J connectivity index is 0.00000364. The van der Waals surface area contributed by atoms with Crippen molar-refractivity contribution in [2.45, 2.75) is 12.1 Å². The Labute approximate surface area is 174 Å². The molecule has 148 valence electrons. The number of alkyl halides is 3. The molecule has 0 bridgehead atoms. The molecule has 0 aromatic heterocycles. The first-order valence-corrected chi connectivity index (χ1v) is 9.12. The number of benzene rings is 2. The monoisotopic (exact) mass is 513 g/mol. The SMILES string of the molecule is I.NC(=NCCS(=O)Cc1ccccc1)Nc1ccc(OC(F)(F)F)cc1. The van der Waals surface area contributed by atoms with Gasteiger partial charge < -0.3 is 15.8 Å². The summed E-state index contributed by atoms with van der Waals surface area (Å²) in [4.78, 5) is 4.06. The summed E-state index contributed by atoms with van der Waals surface area (Å²) >= 11 is 0. The van der Waals surface area contributed by atoms with E-state index in [1.807, 2.05) is 30.3 Å². The van der Waals surface area contributed by atoms with Crippen molar-refractivity contribution in [1.29, 1.82) is 0 Å². The Kier molecular flexibility index (Phi) is 9.56. The van der Waals surface area contributed by atoms with E-state index in [-0.39, 0.29) is 42.2 Å². The predicted octanol–water partition coefficient (Wildman–Crippen LogP) is 3.88. The highest BCUT2D eigenvalue weighted by Gasteiger charge is 2.30. The van der Waals surface area contributed by atoms with Crippen molar-refractivity contribution in [3.63, 3.8) is 0 Å². The minimum Gasteiger partial charge on any atom is -0.406 e. The van der Waals surface area contributed by atoms with Gasteiger partial charge in [0.2, 0.25) is 0 Å². The van der Waals surface area contributed by atoms with Crippen LogP contribution in [0.3, 0.4) is 0 Å². The van der Waals surface area contributed by atoms with E-state index in [1.165, 1.54) is 12.1 Å². The van der Waals surface area contributed by atoms with Crippen molar-refractivity contribution in [1.82, 2.24) is 0 Å². The predicted molar refractivity (Wildman–Crippen MR) is 112 cm³/mol. The van der Waals surface area contributed by atoms with Gasteiger partial charge in [-0.15, -0.1) is 37.1 Å². The summed E-state index contributed by atoms with van der Waals surface area (Å²) < 4.78 is 52.0. The van der Waals surface area contributed by atoms with Crippen LogP contribution in [0.2, 0.25) is 0 Å². The van der Waals surface area contributed by atoms with Crippen LogP contribution in [0.4, 0.5) is 18.9 Å². The molecule has 2 aromatic carbocycles. The Bertz CT molecular complexity index is 756. The molecule has 0 spiro atoms. The second-order valence-electron chi connectivity index (χ2n) is 5.24. The molecular formula is C17H19F3IN3O2S. The van der Waals surface area contributed by atoms with Gasteiger partial charge in [0, 0.05) is 28.0 Å². The van der Waals surface area contributed by atoms with E-state index in [2.05, 4.69) is 15.0 Å². The largest absolute Gasteiger partial charge is 0.573 e. The Morgan fingerprint density at radius 3 is 2.33 bits per heavy atom. The molecule has 5 nitrogen and oxygen atoms in total. The average molecular weight is 513 g/mol. The second-order valence-corrected chi connectivity index (χ2v) is 6.81. The normalized spacial score (nSPS) is 12.8. The zero-order chi connectivity index (χ0) is 19.0. The number of halogens is 4. The first-order valence-electron chi connectivity index (χ1n) is 7.63. The van der Waals surface area contributed by atoms with Gasteiger partial charge in [0.1, 0.15) is 5.75 Å². The van der Waals surface area contributed by atoms with Crippen LogP contribution in [-0.4, -0.2) is 28.8 Å². The van der Waals surface area contributed by atoms with Gasteiger partial charge >= 0.3 is 6.36 Å². The van der Waals surface area contributed by atoms with Crippen LogP contribution >= 0.6 is 24.0 Å². The fourth-order valence-corrected chi connectivity index (χ4v) is 3.03. The Morgan fingerprint density at radius 1 is 1.11 bits per heavy atom. The summed E-state index contributed by atoms with van der Waals surface area (Å²) in [6.45, 7) is 0.271. The van der Waals surface area contributed by atoms with Crippen LogP contribution in [0.5, 0.6) is 5.75 Å². The second kappa shape index (κ2) is 11.1. The average Bonchev–Trinajstić information content (AvgIpc) is 2.56. The van der Waals surface area contributed by atoms with Crippen molar-refractivity contribution < 1.29 is 22.1 Å². The maximum atomic E-state index is 12.1. The van der Waals surface area contributed by atoms with Crippen molar-refractivity contribution >= 4 is 46.4 Å². The van der Waals surface area contributed by atoms with Gasteiger partial charge in [-0.05, 0) is 29.8 Å². The minimum absolute atomic E-state index is 0. The number of rotatable bonds is 7. The Hall–Kier alpha value is -1.82. The highest BCUT2D eigenvalue weighted by atomic mass is 127. The number of aliphatic imine (C=N–C) groups is 1. The third-order valence-electron chi connectivity index (χ3n) is 3.13. The number of guanidine groups is 1. The Morgan fingerprint density at radius 2 is 1.74 bits per heavy atom. The van der Waals surface area contributed by atoms with Crippen molar-refractivity contribution in [3.8, 4) is 5.75 Å². The van der Waals surface area contributed by atoms with E-state index in [4.69, 9.17) is 5.73 Å². The number of ether oxygens (including phenoxy) is 1. The summed E-state index contributed by atoms with van der Waals surface area (Å²) in [6, 6.07) is 14.6. The topological polar surface area (TPSA) is 76.7 Å². The molecule has 1 atom stereocenters. The lowest BCUT2D eigenvalue weighted by atomic mass is 10.2. The molecule has 0 aliphatic rings. The smallest absolute Gasteiger partial charge is 0.406 e. The van der Waals surface area contributed by atoms with Gasteiger partial charge in [-0.2, -0.15) is 0 Å². The highest BCUT2D eigenvalue weighted by Crippen LogP contribution is 2.23. The molecule has 27 heavy (non-hydrogen) atoms. The molecule has 2 rings (SSSR count). The first kappa shape index (κ1) is 23.2. The molecule has 0 amide bonds. The number of nitrogens with two attached hydrogens (primary N) is 1. The van der Waals surface area contributed by atoms with E-state index in [0.29, 0.717) is 17.2 Å². The van der Waals surface area contributed by atoms with Crippen LogP contribution in [0.1, 0.15) is 5.56 Å². The first-order chi connectivity index (χ1) is 12.3. The number of hydrogen-bond donors (Lipinski definition) is 2. The van der Waals surface area contributed by atoms with Crippen molar-refractivity contribution in [2.24, 2.45) is 10.7 Å². The lowest BCUT2D eigenvalue weighted by molar-refractivity contribution is -0.274. The van der Waals surface area contributed by atoms with E-state index in [9.17, 15) is 17.4 Å². The zero-order valence-electron chi connectivity index (χ0n) is 14.1. The minimum atomic E-state index is -4.73. The molecular weight excluding hydrogens is 494 g/mol. The van der Waals surface area contributed by atoms with Crippen molar-refractivity contribution in [3.05, 3.63) is 60.2 Å². The molecule has 0 saturated carbocycles. The van der Waals surface area contributed by atoms with Gasteiger partial charge in [-0.25, -0.2) is 0 Å². The number of hydrogen-bond acceptors (Lipinski definition) is 3. The van der Waals surface area contributed by atoms with Crippen LogP contribution in [-0.2, 0) is 16.6 Å². The molecule has 0 aliphatic carbocycles. The molecule has 1 unspecified atom stereocenters. The maximum absolute atomic E-state index is 12.1. The molecule has 0 radical (unpaired) electrons.